The number of pyridine rings is 1. The van der Waals surface area contributed by atoms with Gasteiger partial charge in [-0.2, -0.15) is 0 Å². The van der Waals surface area contributed by atoms with Crippen LogP contribution < -0.4 is 10.5 Å². The minimum Gasteiger partial charge on any atom is -0.491 e. The van der Waals surface area contributed by atoms with E-state index in [0.29, 0.717) is 13.2 Å². The van der Waals surface area contributed by atoms with Crippen LogP contribution in [0, 0.1) is 6.92 Å². The smallest absolute Gasteiger partial charge is 0.137 e. The lowest BCUT2D eigenvalue weighted by atomic mass is 10.4. The van der Waals surface area contributed by atoms with Gasteiger partial charge in [-0.25, -0.2) is 0 Å². The third-order valence-corrected chi connectivity index (χ3v) is 1.27. The number of nitrogens with zero attached hydrogens (tertiary/aromatic N) is 1. The number of rotatable bonds is 3. The number of hydrogen-bond acceptors (Lipinski definition) is 3. The zero-order chi connectivity index (χ0) is 8.10. The van der Waals surface area contributed by atoms with E-state index >= 15 is 0 Å². The van der Waals surface area contributed by atoms with Crippen molar-refractivity contribution in [1.29, 1.82) is 0 Å². The van der Waals surface area contributed by atoms with Crippen molar-refractivity contribution in [2.45, 2.75) is 6.92 Å². The molecular formula is C8H13ClN2O. The molecule has 0 atom stereocenters. The minimum atomic E-state index is 0. The average Bonchev–Trinajstić information content (AvgIpc) is 2.04. The molecule has 0 fully saturated rings. The first-order chi connectivity index (χ1) is 5.33. The second kappa shape index (κ2) is 5.80. The zero-order valence-electron chi connectivity index (χ0n) is 6.99. The molecule has 1 aromatic heterocycles. The number of nitrogens with two attached hydrogens (primary N) is 1. The maximum atomic E-state index is 5.26. The van der Waals surface area contributed by atoms with Gasteiger partial charge in [-0.15, -0.1) is 12.4 Å². The Kier molecular flexibility index (Phi) is 5.41. The molecular weight excluding hydrogens is 176 g/mol. The van der Waals surface area contributed by atoms with Crippen molar-refractivity contribution in [3.8, 4) is 5.75 Å². The first kappa shape index (κ1) is 11.2. The SMILES string of the molecule is Cc1ccc(OCCN)cn1.Cl. The number of ether oxygens (including phenoxy) is 1. The van der Waals surface area contributed by atoms with Gasteiger partial charge in [0.25, 0.3) is 0 Å². The van der Waals surface area contributed by atoms with Gasteiger partial charge >= 0.3 is 0 Å². The third kappa shape index (κ3) is 3.55. The van der Waals surface area contributed by atoms with Crippen LogP contribution in [0.5, 0.6) is 5.75 Å². The molecule has 1 aromatic rings. The molecule has 0 bridgehead atoms. The van der Waals surface area contributed by atoms with Crippen molar-refractivity contribution in [2.75, 3.05) is 13.2 Å². The second-order valence-electron chi connectivity index (χ2n) is 2.27. The molecule has 0 aliphatic carbocycles. The Labute approximate surface area is 78.4 Å². The summed E-state index contributed by atoms with van der Waals surface area (Å²) in [6, 6.07) is 3.80. The van der Waals surface area contributed by atoms with Crippen LogP contribution in [0.4, 0.5) is 0 Å². The Morgan fingerprint density at radius 3 is 2.75 bits per heavy atom. The molecule has 12 heavy (non-hydrogen) atoms. The fraction of sp³-hybridized carbons (Fsp3) is 0.375. The van der Waals surface area contributed by atoms with Crippen LogP contribution >= 0.6 is 12.4 Å². The van der Waals surface area contributed by atoms with Gasteiger partial charge in [-0.1, -0.05) is 0 Å². The predicted octanol–water partition coefficient (Wildman–Crippen LogP) is 1.15. The highest BCUT2D eigenvalue weighted by Crippen LogP contribution is 2.07. The summed E-state index contributed by atoms with van der Waals surface area (Å²) in [7, 11) is 0. The lowest BCUT2D eigenvalue weighted by Gasteiger charge is -2.02. The van der Waals surface area contributed by atoms with Crippen LogP contribution in [0.25, 0.3) is 0 Å². The Morgan fingerprint density at radius 2 is 2.25 bits per heavy atom. The van der Waals surface area contributed by atoms with E-state index in [2.05, 4.69) is 4.98 Å². The van der Waals surface area contributed by atoms with Crippen molar-refractivity contribution in [1.82, 2.24) is 4.98 Å². The Hall–Kier alpha value is -0.800. The van der Waals surface area contributed by atoms with Gasteiger partial charge < -0.3 is 10.5 Å². The van der Waals surface area contributed by atoms with E-state index in [4.69, 9.17) is 10.5 Å². The fourth-order valence-corrected chi connectivity index (χ4v) is 0.716. The summed E-state index contributed by atoms with van der Waals surface area (Å²) in [4.78, 5) is 4.07. The Bertz CT molecular complexity index is 213. The van der Waals surface area contributed by atoms with Crippen LogP contribution in [-0.4, -0.2) is 18.1 Å². The molecule has 0 saturated carbocycles. The number of halogens is 1. The Morgan fingerprint density at radius 1 is 1.50 bits per heavy atom. The fourth-order valence-electron chi connectivity index (χ4n) is 0.716. The first-order valence-electron chi connectivity index (χ1n) is 3.58. The van der Waals surface area contributed by atoms with Crippen LogP contribution in [-0.2, 0) is 0 Å². The predicted molar refractivity (Wildman–Crippen MR) is 50.8 cm³/mol. The van der Waals surface area contributed by atoms with E-state index in [1.165, 1.54) is 0 Å². The largest absolute Gasteiger partial charge is 0.491 e. The highest BCUT2D eigenvalue weighted by Gasteiger charge is 1.90. The summed E-state index contributed by atoms with van der Waals surface area (Å²) in [5.74, 6) is 0.779. The molecule has 68 valence electrons. The molecule has 0 spiro atoms. The van der Waals surface area contributed by atoms with E-state index in [9.17, 15) is 0 Å². The van der Waals surface area contributed by atoms with E-state index < -0.39 is 0 Å². The molecule has 0 unspecified atom stereocenters. The maximum absolute atomic E-state index is 5.26. The summed E-state index contributed by atoms with van der Waals surface area (Å²) in [5, 5.41) is 0. The van der Waals surface area contributed by atoms with Gasteiger partial charge in [0.2, 0.25) is 0 Å². The molecule has 0 aliphatic heterocycles. The van der Waals surface area contributed by atoms with Gasteiger partial charge in [0, 0.05) is 12.2 Å². The van der Waals surface area contributed by atoms with E-state index in [1.807, 2.05) is 19.1 Å². The van der Waals surface area contributed by atoms with E-state index in [1.54, 1.807) is 6.20 Å². The van der Waals surface area contributed by atoms with Gasteiger partial charge in [0.05, 0.1) is 6.20 Å². The van der Waals surface area contributed by atoms with Gasteiger partial charge in [-0.05, 0) is 19.1 Å². The average molecular weight is 189 g/mol. The molecule has 0 amide bonds. The topological polar surface area (TPSA) is 48.1 Å². The Balaban J connectivity index is 0.00000121. The van der Waals surface area contributed by atoms with E-state index in [-0.39, 0.29) is 12.4 Å². The van der Waals surface area contributed by atoms with Crippen molar-refractivity contribution in [2.24, 2.45) is 5.73 Å². The summed E-state index contributed by atoms with van der Waals surface area (Å²) in [5.41, 5.74) is 6.25. The molecule has 0 saturated heterocycles. The molecule has 3 nitrogen and oxygen atoms in total. The third-order valence-electron chi connectivity index (χ3n) is 1.27. The summed E-state index contributed by atoms with van der Waals surface area (Å²) in [6.07, 6.45) is 1.70. The molecule has 0 aliphatic rings. The molecule has 1 heterocycles. The van der Waals surface area contributed by atoms with Crippen LogP contribution in [0.15, 0.2) is 18.3 Å². The van der Waals surface area contributed by atoms with Gasteiger partial charge in [0.15, 0.2) is 0 Å². The summed E-state index contributed by atoms with van der Waals surface area (Å²) < 4.78 is 5.22. The zero-order valence-corrected chi connectivity index (χ0v) is 7.80. The van der Waals surface area contributed by atoms with E-state index in [0.717, 1.165) is 11.4 Å². The molecule has 1 rings (SSSR count). The van der Waals surface area contributed by atoms with Crippen molar-refractivity contribution < 1.29 is 4.74 Å². The van der Waals surface area contributed by atoms with Gasteiger partial charge in [0.1, 0.15) is 12.4 Å². The van der Waals surface area contributed by atoms with Crippen molar-refractivity contribution in [3.63, 3.8) is 0 Å². The maximum Gasteiger partial charge on any atom is 0.137 e. The molecule has 0 aromatic carbocycles. The lowest BCUT2D eigenvalue weighted by Crippen LogP contribution is -2.10. The summed E-state index contributed by atoms with van der Waals surface area (Å²) >= 11 is 0. The standard InChI is InChI=1S/C8H12N2O.ClH/c1-7-2-3-8(6-10-7)11-5-4-9;/h2-3,6H,4-5,9H2,1H3;1H. The summed E-state index contributed by atoms with van der Waals surface area (Å²) in [6.45, 7) is 3.02. The number of aromatic nitrogens is 1. The monoisotopic (exact) mass is 188 g/mol. The lowest BCUT2D eigenvalue weighted by molar-refractivity contribution is 0.327. The molecule has 0 radical (unpaired) electrons. The molecule has 4 heteroatoms. The minimum absolute atomic E-state index is 0. The molecule has 2 N–H and O–H groups in total. The second-order valence-corrected chi connectivity index (χ2v) is 2.27. The quantitative estimate of drug-likeness (QED) is 0.774. The van der Waals surface area contributed by atoms with Crippen LogP contribution in [0.2, 0.25) is 0 Å². The van der Waals surface area contributed by atoms with Crippen LogP contribution in [0.3, 0.4) is 0 Å². The highest BCUT2D eigenvalue weighted by molar-refractivity contribution is 5.85. The normalized spacial score (nSPS) is 8.83. The van der Waals surface area contributed by atoms with Gasteiger partial charge in [-0.3, -0.25) is 4.98 Å². The van der Waals surface area contributed by atoms with Crippen molar-refractivity contribution >= 4 is 12.4 Å². The van der Waals surface area contributed by atoms with Crippen LogP contribution in [0.1, 0.15) is 5.69 Å². The van der Waals surface area contributed by atoms with Crippen molar-refractivity contribution in [3.05, 3.63) is 24.0 Å². The number of aryl methyl sites for hydroxylation is 1. The first-order valence-corrected chi connectivity index (χ1v) is 3.58. The number of hydrogen-bond donors (Lipinski definition) is 1. The highest BCUT2D eigenvalue weighted by atomic mass is 35.5.